The zero-order valence-electron chi connectivity index (χ0n) is 16.1. The van der Waals surface area contributed by atoms with Crippen molar-refractivity contribution in [3.8, 4) is 17.0 Å². The molecule has 29 heavy (non-hydrogen) atoms. The van der Waals surface area contributed by atoms with Gasteiger partial charge in [0.05, 0.1) is 24.9 Å². The standard InChI is InChI=1S/C21H20N4O3S/c1-12-20(14-5-7-15-13(10-14)6-8-18(26)23-15)25-21(29-12)24-19(27)11-16-17(28-2)4-3-9-22-16/h3-5,7,9-10H,6,8,11H2,1-2H3,(H,23,26)(H,24,25,27). The molecule has 2 aromatic heterocycles. The van der Waals surface area contributed by atoms with Gasteiger partial charge in [0.1, 0.15) is 5.75 Å². The summed E-state index contributed by atoms with van der Waals surface area (Å²) in [6.45, 7) is 1.98. The van der Waals surface area contributed by atoms with E-state index in [4.69, 9.17) is 4.74 Å². The van der Waals surface area contributed by atoms with E-state index in [1.54, 1.807) is 25.4 Å². The summed E-state index contributed by atoms with van der Waals surface area (Å²) in [5.41, 5.74) is 4.34. The molecule has 3 heterocycles. The fourth-order valence-electron chi connectivity index (χ4n) is 3.31. The van der Waals surface area contributed by atoms with E-state index in [2.05, 4.69) is 26.7 Å². The van der Waals surface area contributed by atoms with Gasteiger partial charge in [-0.05, 0) is 43.2 Å². The van der Waals surface area contributed by atoms with Crippen LogP contribution in [0.25, 0.3) is 11.3 Å². The lowest BCUT2D eigenvalue weighted by molar-refractivity contribution is -0.116. The van der Waals surface area contributed by atoms with Crippen LogP contribution in [-0.4, -0.2) is 28.9 Å². The molecule has 0 radical (unpaired) electrons. The number of hydrogen-bond donors (Lipinski definition) is 2. The van der Waals surface area contributed by atoms with Crippen molar-refractivity contribution in [1.29, 1.82) is 0 Å². The van der Waals surface area contributed by atoms with Gasteiger partial charge in [-0.15, -0.1) is 11.3 Å². The molecule has 0 saturated heterocycles. The molecule has 8 heteroatoms. The van der Waals surface area contributed by atoms with E-state index in [9.17, 15) is 9.59 Å². The van der Waals surface area contributed by atoms with Crippen molar-refractivity contribution in [2.24, 2.45) is 0 Å². The lowest BCUT2D eigenvalue weighted by atomic mass is 9.99. The Morgan fingerprint density at radius 1 is 1.31 bits per heavy atom. The van der Waals surface area contributed by atoms with Crippen LogP contribution in [0.3, 0.4) is 0 Å². The van der Waals surface area contributed by atoms with E-state index in [0.29, 0.717) is 29.4 Å². The summed E-state index contributed by atoms with van der Waals surface area (Å²) in [4.78, 5) is 33.8. The molecule has 0 spiro atoms. The number of aryl methyl sites for hydroxylation is 2. The number of nitrogens with one attached hydrogen (secondary N) is 2. The molecule has 1 aliphatic rings. The lowest BCUT2D eigenvalue weighted by Crippen LogP contribution is -2.18. The average Bonchev–Trinajstić information content (AvgIpc) is 3.07. The number of aromatic nitrogens is 2. The van der Waals surface area contributed by atoms with Crippen LogP contribution < -0.4 is 15.4 Å². The summed E-state index contributed by atoms with van der Waals surface area (Å²) in [6, 6.07) is 9.45. The van der Waals surface area contributed by atoms with Crippen LogP contribution in [-0.2, 0) is 22.4 Å². The topological polar surface area (TPSA) is 93.2 Å². The van der Waals surface area contributed by atoms with E-state index >= 15 is 0 Å². The minimum atomic E-state index is -0.199. The van der Waals surface area contributed by atoms with Crippen LogP contribution in [0.1, 0.15) is 22.6 Å². The summed E-state index contributed by atoms with van der Waals surface area (Å²) < 4.78 is 5.25. The quantitative estimate of drug-likeness (QED) is 0.673. The second-order valence-electron chi connectivity index (χ2n) is 6.72. The monoisotopic (exact) mass is 408 g/mol. The van der Waals surface area contributed by atoms with Crippen molar-refractivity contribution in [2.45, 2.75) is 26.2 Å². The summed E-state index contributed by atoms with van der Waals surface area (Å²) in [6.07, 6.45) is 2.95. The van der Waals surface area contributed by atoms with Gasteiger partial charge in [0.15, 0.2) is 5.13 Å². The number of carbonyl (C=O) groups is 2. The molecular weight excluding hydrogens is 388 g/mol. The van der Waals surface area contributed by atoms with Crippen LogP contribution in [0.4, 0.5) is 10.8 Å². The van der Waals surface area contributed by atoms with Gasteiger partial charge in [-0.3, -0.25) is 14.6 Å². The van der Waals surface area contributed by atoms with Crippen LogP contribution in [0.5, 0.6) is 5.75 Å². The van der Waals surface area contributed by atoms with Gasteiger partial charge in [0.25, 0.3) is 0 Å². The molecule has 7 nitrogen and oxygen atoms in total. The van der Waals surface area contributed by atoms with E-state index in [1.807, 2.05) is 19.1 Å². The number of amides is 2. The number of benzene rings is 1. The first-order chi connectivity index (χ1) is 14.0. The van der Waals surface area contributed by atoms with E-state index in [0.717, 1.165) is 27.4 Å². The molecule has 0 bridgehead atoms. The molecule has 148 valence electrons. The third-order valence-corrected chi connectivity index (χ3v) is 5.60. The molecule has 2 N–H and O–H groups in total. The molecule has 0 unspecified atom stereocenters. The molecular formula is C21H20N4O3S. The Balaban J connectivity index is 1.51. The smallest absolute Gasteiger partial charge is 0.232 e. The average molecular weight is 408 g/mol. The van der Waals surface area contributed by atoms with Gasteiger partial charge in [-0.1, -0.05) is 6.07 Å². The number of pyridine rings is 1. The summed E-state index contributed by atoms with van der Waals surface area (Å²) in [7, 11) is 1.55. The third-order valence-electron chi connectivity index (χ3n) is 4.71. The van der Waals surface area contributed by atoms with Gasteiger partial charge in [0.2, 0.25) is 11.8 Å². The van der Waals surface area contributed by atoms with Gasteiger partial charge >= 0.3 is 0 Å². The number of fused-ring (bicyclic) bond motifs is 1. The third kappa shape index (κ3) is 4.12. The molecule has 3 aromatic rings. The van der Waals surface area contributed by atoms with E-state index in [-0.39, 0.29) is 18.2 Å². The summed E-state index contributed by atoms with van der Waals surface area (Å²) in [5.74, 6) is 0.430. The van der Waals surface area contributed by atoms with Gasteiger partial charge in [0, 0.05) is 28.7 Å². The SMILES string of the molecule is COc1cccnc1CC(=O)Nc1nc(-c2ccc3c(c2)CCC(=O)N3)c(C)s1. The van der Waals surface area contributed by atoms with Crippen molar-refractivity contribution >= 4 is 34.0 Å². The molecule has 1 aliphatic heterocycles. The van der Waals surface area contributed by atoms with Crippen LogP contribution in [0.15, 0.2) is 36.5 Å². The molecule has 0 aliphatic carbocycles. The first-order valence-electron chi connectivity index (χ1n) is 9.22. The summed E-state index contributed by atoms with van der Waals surface area (Å²) >= 11 is 1.43. The van der Waals surface area contributed by atoms with Crippen LogP contribution in [0, 0.1) is 6.92 Å². The molecule has 4 rings (SSSR count). The number of rotatable bonds is 5. The Labute approximate surface area is 172 Å². The Bertz CT molecular complexity index is 1090. The number of nitrogens with zero attached hydrogens (tertiary/aromatic N) is 2. The number of carbonyl (C=O) groups excluding carboxylic acids is 2. The predicted octanol–water partition coefficient (Wildman–Crippen LogP) is 3.59. The fourth-order valence-corrected chi connectivity index (χ4v) is 4.16. The Kier molecular flexibility index (Phi) is 5.26. The predicted molar refractivity (Wildman–Crippen MR) is 112 cm³/mol. The Hall–Kier alpha value is -3.26. The normalized spacial score (nSPS) is 12.8. The molecule has 0 saturated carbocycles. The minimum Gasteiger partial charge on any atom is -0.495 e. The van der Waals surface area contributed by atoms with Crippen molar-refractivity contribution < 1.29 is 14.3 Å². The first kappa shape index (κ1) is 19.1. The lowest BCUT2D eigenvalue weighted by Gasteiger charge is -2.17. The van der Waals surface area contributed by atoms with Crippen LogP contribution in [0.2, 0.25) is 0 Å². The van der Waals surface area contributed by atoms with Crippen molar-refractivity contribution in [3.63, 3.8) is 0 Å². The Morgan fingerprint density at radius 2 is 2.17 bits per heavy atom. The van der Waals surface area contributed by atoms with Crippen molar-refractivity contribution in [1.82, 2.24) is 9.97 Å². The summed E-state index contributed by atoms with van der Waals surface area (Å²) in [5, 5.41) is 6.29. The largest absolute Gasteiger partial charge is 0.495 e. The minimum absolute atomic E-state index is 0.0459. The number of methoxy groups -OCH3 is 1. The van der Waals surface area contributed by atoms with E-state index in [1.165, 1.54) is 11.3 Å². The number of anilines is 2. The van der Waals surface area contributed by atoms with Gasteiger partial charge in [-0.25, -0.2) is 4.98 Å². The highest BCUT2D eigenvalue weighted by atomic mass is 32.1. The fraction of sp³-hybridized carbons (Fsp3) is 0.238. The molecule has 0 atom stereocenters. The number of ether oxygens (including phenoxy) is 1. The highest BCUT2D eigenvalue weighted by Gasteiger charge is 2.18. The van der Waals surface area contributed by atoms with Gasteiger partial charge < -0.3 is 15.4 Å². The molecule has 1 aromatic carbocycles. The maximum atomic E-state index is 12.4. The van der Waals surface area contributed by atoms with Crippen molar-refractivity contribution in [2.75, 3.05) is 17.7 Å². The van der Waals surface area contributed by atoms with Gasteiger partial charge in [-0.2, -0.15) is 0 Å². The second-order valence-corrected chi connectivity index (χ2v) is 7.92. The Morgan fingerprint density at radius 3 is 3.00 bits per heavy atom. The highest BCUT2D eigenvalue weighted by molar-refractivity contribution is 7.16. The number of thiazole rings is 1. The maximum absolute atomic E-state index is 12.4. The second kappa shape index (κ2) is 8.00. The zero-order chi connectivity index (χ0) is 20.4. The highest BCUT2D eigenvalue weighted by Crippen LogP contribution is 2.34. The maximum Gasteiger partial charge on any atom is 0.232 e. The van der Waals surface area contributed by atoms with E-state index < -0.39 is 0 Å². The van der Waals surface area contributed by atoms with Crippen LogP contribution >= 0.6 is 11.3 Å². The van der Waals surface area contributed by atoms with Crippen molar-refractivity contribution in [3.05, 3.63) is 52.7 Å². The number of hydrogen-bond acceptors (Lipinski definition) is 6. The molecule has 2 amide bonds. The zero-order valence-corrected chi connectivity index (χ0v) is 16.9. The first-order valence-corrected chi connectivity index (χ1v) is 10.0. The molecule has 0 fully saturated rings.